The van der Waals surface area contributed by atoms with Gasteiger partial charge in [-0.1, -0.05) is 20.8 Å². The van der Waals surface area contributed by atoms with Crippen molar-refractivity contribution in [1.29, 1.82) is 0 Å². The molecule has 0 fully saturated rings. The van der Waals surface area contributed by atoms with Gasteiger partial charge in [0.1, 0.15) is 4.21 Å². The molecule has 0 aliphatic heterocycles. The SMILES string of the molecule is CC(C)(C)C(=O)NCCNS(=O)(=O)c1ccc(Br)s1. The van der Waals surface area contributed by atoms with E-state index in [4.69, 9.17) is 0 Å². The van der Waals surface area contributed by atoms with Crippen LogP contribution in [0.3, 0.4) is 0 Å². The first kappa shape index (κ1) is 16.6. The minimum absolute atomic E-state index is 0.106. The number of carbonyl (C=O) groups is 1. The summed E-state index contributed by atoms with van der Waals surface area (Å²) in [6.45, 7) is 5.84. The van der Waals surface area contributed by atoms with Crippen molar-refractivity contribution in [3.8, 4) is 0 Å². The lowest BCUT2D eigenvalue weighted by atomic mass is 9.96. The van der Waals surface area contributed by atoms with Gasteiger partial charge in [0, 0.05) is 18.5 Å². The highest BCUT2D eigenvalue weighted by Crippen LogP contribution is 2.25. The fourth-order valence-corrected chi connectivity index (χ4v) is 4.23. The van der Waals surface area contributed by atoms with Gasteiger partial charge in [0.25, 0.3) is 0 Å². The Morgan fingerprint density at radius 3 is 2.42 bits per heavy atom. The predicted octanol–water partition coefficient (Wildman–Crippen LogP) is 1.95. The second kappa shape index (κ2) is 6.34. The fourth-order valence-electron chi connectivity index (χ4n) is 1.14. The molecule has 2 N–H and O–H groups in total. The van der Waals surface area contributed by atoms with Crippen LogP contribution in [0.5, 0.6) is 0 Å². The molecule has 0 spiro atoms. The van der Waals surface area contributed by atoms with E-state index in [2.05, 4.69) is 26.0 Å². The summed E-state index contributed by atoms with van der Waals surface area (Å²) < 4.78 is 27.2. The monoisotopic (exact) mass is 368 g/mol. The lowest BCUT2D eigenvalue weighted by Crippen LogP contribution is -2.39. The number of thiophene rings is 1. The highest BCUT2D eigenvalue weighted by molar-refractivity contribution is 9.11. The molecule has 108 valence electrons. The van der Waals surface area contributed by atoms with Crippen molar-refractivity contribution in [2.24, 2.45) is 5.41 Å². The topological polar surface area (TPSA) is 75.3 Å². The maximum absolute atomic E-state index is 11.9. The average molecular weight is 369 g/mol. The number of hydrogen-bond acceptors (Lipinski definition) is 4. The molecule has 0 atom stereocenters. The summed E-state index contributed by atoms with van der Waals surface area (Å²) >= 11 is 4.36. The summed E-state index contributed by atoms with van der Waals surface area (Å²) in [5.74, 6) is -0.106. The molecule has 0 radical (unpaired) electrons. The average Bonchev–Trinajstić information content (AvgIpc) is 2.70. The second-order valence-electron chi connectivity index (χ2n) is 4.96. The summed E-state index contributed by atoms with van der Waals surface area (Å²) in [4.78, 5) is 11.6. The van der Waals surface area contributed by atoms with E-state index in [-0.39, 0.29) is 23.2 Å². The van der Waals surface area contributed by atoms with Crippen molar-refractivity contribution in [1.82, 2.24) is 10.0 Å². The summed E-state index contributed by atoms with van der Waals surface area (Å²) in [7, 11) is -3.49. The van der Waals surface area contributed by atoms with Crippen molar-refractivity contribution in [2.75, 3.05) is 13.1 Å². The first-order chi connectivity index (χ1) is 8.63. The largest absolute Gasteiger partial charge is 0.354 e. The molecular formula is C11H17BrN2O3S2. The first-order valence-corrected chi connectivity index (χ1v) is 8.75. The van der Waals surface area contributed by atoms with Gasteiger partial charge in [-0.05, 0) is 28.1 Å². The van der Waals surface area contributed by atoms with Crippen molar-refractivity contribution >= 4 is 43.2 Å². The van der Waals surface area contributed by atoms with Crippen LogP contribution in [-0.4, -0.2) is 27.4 Å². The maximum atomic E-state index is 11.9. The van der Waals surface area contributed by atoms with Gasteiger partial charge in [-0.3, -0.25) is 4.79 Å². The summed E-state index contributed by atoms with van der Waals surface area (Å²) in [6, 6.07) is 3.21. The third kappa shape index (κ3) is 5.21. The zero-order chi connectivity index (χ0) is 14.7. The van der Waals surface area contributed by atoms with Gasteiger partial charge in [-0.25, -0.2) is 13.1 Å². The predicted molar refractivity (Wildman–Crippen MR) is 79.7 cm³/mol. The summed E-state index contributed by atoms with van der Waals surface area (Å²) in [6.07, 6.45) is 0. The molecule has 8 heteroatoms. The third-order valence-corrected chi connectivity index (χ3v) is 5.77. The van der Waals surface area contributed by atoms with Crippen LogP contribution >= 0.6 is 27.3 Å². The van der Waals surface area contributed by atoms with Crippen molar-refractivity contribution in [2.45, 2.75) is 25.0 Å². The van der Waals surface area contributed by atoms with Crippen molar-refractivity contribution in [3.05, 3.63) is 15.9 Å². The molecule has 0 unspecified atom stereocenters. The Labute approximate surface area is 126 Å². The molecule has 0 aliphatic carbocycles. The van der Waals surface area contributed by atoms with Gasteiger partial charge in [0.15, 0.2) is 0 Å². The zero-order valence-electron chi connectivity index (χ0n) is 11.0. The standard InChI is InChI=1S/C11H17BrN2O3S2/c1-11(2,3)10(15)13-6-7-14-19(16,17)9-5-4-8(12)18-9/h4-5,14H,6-7H2,1-3H3,(H,13,15). The second-order valence-corrected chi connectivity index (χ2v) is 9.42. The van der Waals surface area contributed by atoms with Crippen LogP contribution in [-0.2, 0) is 14.8 Å². The van der Waals surface area contributed by atoms with E-state index in [0.717, 1.165) is 15.1 Å². The van der Waals surface area contributed by atoms with Crippen LogP contribution in [0, 0.1) is 5.41 Å². The lowest BCUT2D eigenvalue weighted by Gasteiger charge is -2.17. The number of hydrogen-bond donors (Lipinski definition) is 2. The molecule has 0 aliphatic rings. The van der Waals surface area contributed by atoms with Crippen LogP contribution in [0.15, 0.2) is 20.1 Å². The molecular weight excluding hydrogens is 352 g/mol. The highest BCUT2D eigenvalue weighted by atomic mass is 79.9. The fraction of sp³-hybridized carbons (Fsp3) is 0.545. The van der Waals surface area contributed by atoms with Gasteiger partial charge in [0.05, 0.1) is 3.79 Å². The number of amides is 1. The van der Waals surface area contributed by atoms with E-state index in [0.29, 0.717) is 0 Å². The van der Waals surface area contributed by atoms with E-state index in [1.807, 2.05) is 0 Å². The number of carbonyl (C=O) groups excluding carboxylic acids is 1. The molecule has 1 rings (SSSR count). The van der Waals surface area contributed by atoms with Crippen molar-refractivity contribution in [3.63, 3.8) is 0 Å². The molecule has 1 heterocycles. The number of nitrogens with one attached hydrogen (secondary N) is 2. The molecule has 0 saturated carbocycles. The van der Waals surface area contributed by atoms with Crippen LogP contribution in [0.2, 0.25) is 0 Å². The van der Waals surface area contributed by atoms with Gasteiger partial charge in [-0.15, -0.1) is 11.3 Å². The highest BCUT2D eigenvalue weighted by Gasteiger charge is 2.21. The van der Waals surface area contributed by atoms with E-state index in [1.54, 1.807) is 26.8 Å². The first-order valence-electron chi connectivity index (χ1n) is 5.66. The molecule has 0 bridgehead atoms. The van der Waals surface area contributed by atoms with Gasteiger partial charge < -0.3 is 5.32 Å². The molecule has 5 nitrogen and oxygen atoms in total. The van der Waals surface area contributed by atoms with Gasteiger partial charge in [0.2, 0.25) is 15.9 Å². The smallest absolute Gasteiger partial charge is 0.250 e. The molecule has 1 amide bonds. The van der Waals surface area contributed by atoms with E-state index in [9.17, 15) is 13.2 Å². The van der Waals surface area contributed by atoms with Gasteiger partial charge >= 0.3 is 0 Å². The quantitative estimate of drug-likeness (QED) is 0.779. The normalized spacial score (nSPS) is 12.4. The van der Waals surface area contributed by atoms with E-state index < -0.39 is 15.4 Å². The third-order valence-electron chi connectivity index (χ3n) is 2.20. The Morgan fingerprint density at radius 2 is 1.95 bits per heavy atom. The molecule has 0 aromatic carbocycles. The van der Waals surface area contributed by atoms with Crippen LogP contribution in [0.25, 0.3) is 0 Å². The van der Waals surface area contributed by atoms with E-state index in [1.165, 1.54) is 6.07 Å². The maximum Gasteiger partial charge on any atom is 0.250 e. The van der Waals surface area contributed by atoms with Gasteiger partial charge in [-0.2, -0.15) is 0 Å². The Balaban J connectivity index is 2.44. The zero-order valence-corrected chi connectivity index (χ0v) is 14.2. The number of sulfonamides is 1. The number of rotatable bonds is 5. The molecule has 0 saturated heterocycles. The van der Waals surface area contributed by atoms with E-state index >= 15 is 0 Å². The van der Waals surface area contributed by atoms with Crippen molar-refractivity contribution < 1.29 is 13.2 Å². The Kier molecular flexibility index (Phi) is 5.54. The number of halogens is 1. The molecule has 1 aromatic heterocycles. The lowest BCUT2D eigenvalue weighted by molar-refractivity contribution is -0.128. The Morgan fingerprint density at radius 1 is 1.32 bits per heavy atom. The minimum Gasteiger partial charge on any atom is -0.354 e. The molecule has 19 heavy (non-hydrogen) atoms. The Hall–Kier alpha value is -0.440. The summed E-state index contributed by atoms with van der Waals surface area (Å²) in [5.41, 5.74) is -0.475. The Bertz CT molecular complexity index is 547. The summed E-state index contributed by atoms with van der Waals surface area (Å²) in [5, 5.41) is 2.68. The van der Waals surface area contributed by atoms with Crippen LogP contribution in [0.1, 0.15) is 20.8 Å². The minimum atomic E-state index is -3.49. The molecule has 1 aromatic rings. The van der Waals surface area contributed by atoms with Crippen LogP contribution < -0.4 is 10.0 Å². The van der Waals surface area contributed by atoms with Crippen LogP contribution in [0.4, 0.5) is 0 Å².